The second kappa shape index (κ2) is 4.41. The predicted octanol–water partition coefficient (Wildman–Crippen LogP) is 3.48. The van der Waals surface area contributed by atoms with Gasteiger partial charge in [0.1, 0.15) is 0 Å². The number of hydrogen-bond acceptors (Lipinski definition) is 1. The first-order valence-electron chi connectivity index (χ1n) is 6.99. The molecule has 3 heteroatoms. The SMILES string of the molecule is CCn1c2c(c3cc(C(=O)O)ccc31)CC(C)CC2. The van der Waals surface area contributed by atoms with Crippen LogP contribution < -0.4 is 0 Å². The van der Waals surface area contributed by atoms with Gasteiger partial charge in [0, 0.05) is 23.1 Å². The molecule has 0 amide bonds. The number of hydrogen-bond donors (Lipinski definition) is 1. The second-order valence-electron chi connectivity index (χ2n) is 5.55. The van der Waals surface area contributed by atoms with Crippen LogP contribution in [0.4, 0.5) is 0 Å². The highest BCUT2D eigenvalue weighted by atomic mass is 16.4. The van der Waals surface area contributed by atoms with Crippen molar-refractivity contribution in [3.05, 3.63) is 35.0 Å². The van der Waals surface area contributed by atoms with E-state index >= 15 is 0 Å². The van der Waals surface area contributed by atoms with E-state index < -0.39 is 5.97 Å². The zero-order valence-electron chi connectivity index (χ0n) is 11.4. The fraction of sp³-hybridized carbons (Fsp3) is 0.438. The Balaban J connectivity index is 2.29. The maximum Gasteiger partial charge on any atom is 0.335 e. The fourth-order valence-corrected chi connectivity index (χ4v) is 3.32. The molecule has 1 aromatic carbocycles. The van der Waals surface area contributed by atoms with Gasteiger partial charge in [-0.2, -0.15) is 0 Å². The molecule has 1 aliphatic carbocycles. The minimum atomic E-state index is -0.844. The van der Waals surface area contributed by atoms with Crippen molar-refractivity contribution in [2.75, 3.05) is 0 Å². The van der Waals surface area contributed by atoms with Crippen LogP contribution in [0.5, 0.6) is 0 Å². The van der Waals surface area contributed by atoms with Crippen LogP contribution >= 0.6 is 0 Å². The molecule has 19 heavy (non-hydrogen) atoms. The number of carboxylic acid groups (broad SMARTS) is 1. The van der Waals surface area contributed by atoms with Crippen LogP contribution in [0.15, 0.2) is 18.2 Å². The number of aromatic carboxylic acids is 1. The molecular weight excluding hydrogens is 238 g/mol. The summed E-state index contributed by atoms with van der Waals surface area (Å²) in [4.78, 5) is 11.1. The van der Waals surface area contributed by atoms with Gasteiger partial charge in [0.25, 0.3) is 0 Å². The van der Waals surface area contributed by atoms with Gasteiger partial charge < -0.3 is 9.67 Å². The molecule has 1 unspecified atom stereocenters. The first-order valence-corrected chi connectivity index (χ1v) is 6.99. The Bertz CT molecular complexity index is 654. The second-order valence-corrected chi connectivity index (χ2v) is 5.55. The standard InChI is InChI=1S/C16H19NO2/c1-3-17-14-6-4-10(2)8-12(14)13-9-11(16(18)19)5-7-15(13)17/h5,7,9-10H,3-4,6,8H2,1-2H3,(H,18,19). The lowest BCUT2D eigenvalue weighted by Gasteiger charge is -2.20. The predicted molar refractivity (Wildman–Crippen MR) is 75.8 cm³/mol. The van der Waals surface area contributed by atoms with E-state index in [-0.39, 0.29) is 0 Å². The van der Waals surface area contributed by atoms with E-state index in [1.54, 1.807) is 6.07 Å². The number of carboxylic acids is 1. The molecule has 0 fully saturated rings. The van der Waals surface area contributed by atoms with E-state index in [9.17, 15) is 4.79 Å². The van der Waals surface area contributed by atoms with Crippen LogP contribution in [0.2, 0.25) is 0 Å². The highest BCUT2D eigenvalue weighted by Crippen LogP contribution is 2.34. The van der Waals surface area contributed by atoms with E-state index in [0.29, 0.717) is 11.5 Å². The van der Waals surface area contributed by atoms with Gasteiger partial charge >= 0.3 is 5.97 Å². The van der Waals surface area contributed by atoms with Crippen LogP contribution in [0.3, 0.4) is 0 Å². The highest BCUT2D eigenvalue weighted by molar-refractivity contribution is 5.95. The van der Waals surface area contributed by atoms with Crippen molar-refractivity contribution < 1.29 is 9.90 Å². The minimum Gasteiger partial charge on any atom is -0.478 e. The normalized spacial score (nSPS) is 18.5. The number of benzene rings is 1. The molecule has 100 valence electrons. The zero-order chi connectivity index (χ0) is 13.6. The Kier molecular flexibility index (Phi) is 2.85. The van der Waals surface area contributed by atoms with Gasteiger partial charge in [-0.05, 0) is 55.9 Å². The molecule has 0 bridgehead atoms. The van der Waals surface area contributed by atoms with Gasteiger partial charge in [0.15, 0.2) is 0 Å². The van der Waals surface area contributed by atoms with E-state index in [1.807, 2.05) is 12.1 Å². The molecule has 0 spiro atoms. The number of rotatable bonds is 2. The van der Waals surface area contributed by atoms with Crippen LogP contribution in [-0.4, -0.2) is 15.6 Å². The number of aryl methyl sites for hydroxylation is 1. The Labute approximate surface area is 112 Å². The van der Waals surface area contributed by atoms with Crippen LogP contribution in [-0.2, 0) is 19.4 Å². The molecular formula is C16H19NO2. The summed E-state index contributed by atoms with van der Waals surface area (Å²) in [7, 11) is 0. The zero-order valence-corrected chi connectivity index (χ0v) is 11.4. The molecule has 0 saturated carbocycles. The first kappa shape index (κ1) is 12.3. The summed E-state index contributed by atoms with van der Waals surface area (Å²) in [5.41, 5.74) is 4.37. The molecule has 1 aliphatic rings. The Morgan fingerprint density at radius 3 is 2.95 bits per heavy atom. The third-order valence-electron chi connectivity index (χ3n) is 4.28. The average Bonchev–Trinajstić information content (AvgIpc) is 2.71. The van der Waals surface area contributed by atoms with Gasteiger partial charge in [-0.1, -0.05) is 6.92 Å². The minimum absolute atomic E-state index is 0.391. The van der Waals surface area contributed by atoms with Crippen molar-refractivity contribution >= 4 is 16.9 Å². The number of fused-ring (bicyclic) bond motifs is 3. The molecule has 1 heterocycles. The molecule has 0 aliphatic heterocycles. The summed E-state index contributed by atoms with van der Waals surface area (Å²) >= 11 is 0. The summed E-state index contributed by atoms with van der Waals surface area (Å²) in [6.45, 7) is 5.38. The van der Waals surface area contributed by atoms with Gasteiger partial charge in [0.05, 0.1) is 5.56 Å². The number of nitrogens with zero attached hydrogens (tertiary/aromatic N) is 1. The Morgan fingerprint density at radius 2 is 2.26 bits per heavy atom. The highest BCUT2D eigenvalue weighted by Gasteiger charge is 2.23. The van der Waals surface area contributed by atoms with Crippen molar-refractivity contribution in [1.29, 1.82) is 0 Å². The molecule has 0 radical (unpaired) electrons. The topological polar surface area (TPSA) is 42.2 Å². The lowest BCUT2D eigenvalue weighted by atomic mass is 9.87. The first-order chi connectivity index (χ1) is 9.11. The van der Waals surface area contributed by atoms with Gasteiger partial charge in [-0.3, -0.25) is 0 Å². The van der Waals surface area contributed by atoms with Gasteiger partial charge in [-0.25, -0.2) is 4.79 Å². The molecule has 1 atom stereocenters. The van der Waals surface area contributed by atoms with Gasteiger partial charge in [0.2, 0.25) is 0 Å². The van der Waals surface area contributed by atoms with Crippen LogP contribution in [0.1, 0.15) is 41.9 Å². The number of aromatic nitrogens is 1. The molecule has 2 aromatic rings. The molecule has 1 N–H and O–H groups in total. The average molecular weight is 257 g/mol. The third kappa shape index (κ3) is 1.84. The van der Waals surface area contributed by atoms with E-state index in [4.69, 9.17) is 5.11 Å². The van der Waals surface area contributed by atoms with E-state index in [0.717, 1.165) is 24.8 Å². The van der Waals surface area contributed by atoms with Crippen molar-refractivity contribution in [1.82, 2.24) is 4.57 Å². The summed E-state index contributed by atoms with van der Waals surface area (Å²) in [6.07, 6.45) is 3.42. The fourth-order valence-electron chi connectivity index (χ4n) is 3.32. The van der Waals surface area contributed by atoms with Crippen molar-refractivity contribution in [2.24, 2.45) is 5.92 Å². The summed E-state index contributed by atoms with van der Waals surface area (Å²) in [6, 6.07) is 5.53. The maximum atomic E-state index is 11.1. The summed E-state index contributed by atoms with van der Waals surface area (Å²) in [5, 5.41) is 10.3. The number of carbonyl (C=O) groups is 1. The van der Waals surface area contributed by atoms with Gasteiger partial charge in [-0.15, -0.1) is 0 Å². The monoisotopic (exact) mass is 257 g/mol. The van der Waals surface area contributed by atoms with Crippen molar-refractivity contribution in [3.8, 4) is 0 Å². The van der Waals surface area contributed by atoms with E-state index in [2.05, 4.69) is 18.4 Å². The van der Waals surface area contributed by atoms with Crippen molar-refractivity contribution in [2.45, 2.75) is 39.7 Å². The van der Waals surface area contributed by atoms with Crippen LogP contribution in [0, 0.1) is 5.92 Å². The lowest BCUT2D eigenvalue weighted by Crippen LogP contribution is -2.13. The summed E-state index contributed by atoms with van der Waals surface area (Å²) in [5.74, 6) is -0.152. The molecule has 3 nitrogen and oxygen atoms in total. The maximum absolute atomic E-state index is 11.1. The molecule has 1 aromatic heterocycles. The smallest absolute Gasteiger partial charge is 0.335 e. The lowest BCUT2D eigenvalue weighted by molar-refractivity contribution is 0.0697. The largest absolute Gasteiger partial charge is 0.478 e. The Morgan fingerprint density at radius 1 is 1.47 bits per heavy atom. The Hall–Kier alpha value is -1.77. The quantitative estimate of drug-likeness (QED) is 0.895. The summed E-state index contributed by atoms with van der Waals surface area (Å²) < 4.78 is 2.35. The van der Waals surface area contributed by atoms with Crippen molar-refractivity contribution in [3.63, 3.8) is 0 Å². The van der Waals surface area contributed by atoms with Crippen LogP contribution in [0.25, 0.3) is 10.9 Å². The van der Waals surface area contributed by atoms with E-state index in [1.165, 1.54) is 23.2 Å². The molecule has 3 rings (SSSR count). The molecule has 0 saturated heterocycles. The third-order valence-corrected chi connectivity index (χ3v) is 4.28.